The van der Waals surface area contributed by atoms with Gasteiger partial charge in [0.05, 0.1) is 29.2 Å². The van der Waals surface area contributed by atoms with Gasteiger partial charge in [0.1, 0.15) is 5.75 Å². The Bertz CT molecular complexity index is 1160. The van der Waals surface area contributed by atoms with Gasteiger partial charge < -0.3 is 19.8 Å². The highest BCUT2D eigenvalue weighted by Gasteiger charge is 2.41. The van der Waals surface area contributed by atoms with Gasteiger partial charge >= 0.3 is 5.97 Å². The summed E-state index contributed by atoms with van der Waals surface area (Å²) in [4.78, 5) is 19.1. The molecule has 1 aromatic heterocycles. The number of unbranched alkanes of at least 4 members (excludes halogenated alkanes) is 1. The Hall–Kier alpha value is -2.67. The second-order valence-electron chi connectivity index (χ2n) is 9.83. The van der Waals surface area contributed by atoms with E-state index in [2.05, 4.69) is 34.1 Å². The molecule has 1 unspecified atom stereocenters. The Morgan fingerprint density at radius 2 is 1.92 bits per heavy atom. The van der Waals surface area contributed by atoms with E-state index in [1.807, 2.05) is 24.3 Å². The molecule has 36 heavy (non-hydrogen) atoms. The van der Waals surface area contributed by atoms with E-state index >= 15 is 0 Å². The van der Waals surface area contributed by atoms with E-state index in [-0.39, 0.29) is 0 Å². The van der Waals surface area contributed by atoms with Crippen molar-refractivity contribution >= 4 is 28.5 Å². The van der Waals surface area contributed by atoms with Gasteiger partial charge in [0.2, 0.25) is 0 Å². The Kier molecular flexibility index (Phi) is 8.83. The van der Waals surface area contributed by atoms with Crippen LogP contribution in [0, 0.1) is 5.41 Å². The molecule has 6 nitrogen and oxygen atoms in total. The summed E-state index contributed by atoms with van der Waals surface area (Å²) in [6, 6.07) is 16.0. The number of piperidine rings is 1. The molecule has 0 saturated carbocycles. The van der Waals surface area contributed by atoms with Crippen molar-refractivity contribution in [2.45, 2.75) is 51.0 Å². The topological polar surface area (TPSA) is 82.9 Å². The number of aliphatic hydroxyl groups is 1. The third kappa shape index (κ3) is 6.17. The molecule has 0 aliphatic carbocycles. The number of fused-ring (bicyclic) bond motifs is 1. The highest BCUT2D eigenvalue weighted by molar-refractivity contribution is 6.32. The molecule has 2 heterocycles. The molecule has 0 radical (unpaired) electrons. The summed E-state index contributed by atoms with van der Waals surface area (Å²) in [5.74, 6) is -0.121. The molecule has 1 atom stereocenters. The standard InChI is InChI=1S/C29H35ClN2O4/c1-36-22-10-11-25-23(19-22)27(24(30)20-31-25)26(33)12-13-29(28(34)35)14-17-32(18-15-29)16-6-5-9-21-7-3-2-4-8-21/h2-4,7-8,10-11,19-20,26,33H,5-6,9,12-18H2,1H3,(H,34,35). The molecule has 192 valence electrons. The molecule has 7 heteroatoms. The van der Waals surface area contributed by atoms with Gasteiger partial charge in [-0.3, -0.25) is 9.78 Å². The molecule has 0 amide bonds. The minimum Gasteiger partial charge on any atom is -0.497 e. The first-order chi connectivity index (χ1) is 17.4. The second-order valence-corrected chi connectivity index (χ2v) is 10.2. The third-order valence-corrected chi connectivity index (χ3v) is 7.90. The molecule has 2 aromatic carbocycles. The average molecular weight is 511 g/mol. The molecule has 1 aliphatic rings. The van der Waals surface area contributed by atoms with E-state index in [4.69, 9.17) is 16.3 Å². The maximum Gasteiger partial charge on any atom is 0.309 e. The van der Waals surface area contributed by atoms with Crippen molar-refractivity contribution in [2.75, 3.05) is 26.7 Å². The predicted octanol–water partition coefficient (Wildman–Crippen LogP) is 5.90. The van der Waals surface area contributed by atoms with E-state index in [0.29, 0.717) is 47.5 Å². The van der Waals surface area contributed by atoms with Crippen LogP contribution in [0.5, 0.6) is 5.75 Å². The molecule has 1 fully saturated rings. The van der Waals surface area contributed by atoms with E-state index < -0.39 is 17.5 Å². The lowest BCUT2D eigenvalue weighted by Crippen LogP contribution is -2.44. The van der Waals surface area contributed by atoms with E-state index in [0.717, 1.165) is 44.3 Å². The molecule has 1 saturated heterocycles. The van der Waals surface area contributed by atoms with Crippen molar-refractivity contribution < 1.29 is 19.7 Å². The summed E-state index contributed by atoms with van der Waals surface area (Å²) in [7, 11) is 1.58. The number of carboxylic acids is 1. The molecule has 0 spiro atoms. The van der Waals surface area contributed by atoms with Gasteiger partial charge in [-0.2, -0.15) is 0 Å². The molecule has 2 N–H and O–H groups in total. The fraction of sp³-hybridized carbons (Fsp3) is 0.448. The zero-order valence-electron chi connectivity index (χ0n) is 20.8. The summed E-state index contributed by atoms with van der Waals surface area (Å²) in [5, 5.41) is 22.4. The number of ether oxygens (including phenoxy) is 1. The molecular weight excluding hydrogens is 476 g/mol. The lowest BCUT2D eigenvalue weighted by Gasteiger charge is -2.39. The van der Waals surface area contributed by atoms with E-state index in [1.165, 1.54) is 11.8 Å². The minimum absolute atomic E-state index is 0.319. The number of aliphatic carboxylic acids is 1. The number of halogens is 1. The Morgan fingerprint density at radius 1 is 1.17 bits per heavy atom. The van der Waals surface area contributed by atoms with Crippen LogP contribution in [0.4, 0.5) is 0 Å². The van der Waals surface area contributed by atoms with Gasteiger partial charge in [0.15, 0.2) is 0 Å². The second kappa shape index (κ2) is 12.0. The van der Waals surface area contributed by atoms with Crippen LogP contribution in [0.2, 0.25) is 5.02 Å². The number of aliphatic hydroxyl groups excluding tert-OH is 1. The highest BCUT2D eigenvalue weighted by atomic mass is 35.5. The van der Waals surface area contributed by atoms with Gasteiger partial charge in [0.25, 0.3) is 0 Å². The number of hydrogen-bond acceptors (Lipinski definition) is 5. The third-order valence-electron chi connectivity index (χ3n) is 7.60. The van der Waals surface area contributed by atoms with Gasteiger partial charge in [-0.15, -0.1) is 0 Å². The lowest BCUT2D eigenvalue weighted by molar-refractivity contribution is -0.153. The number of methoxy groups -OCH3 is 1. The normalized spacial score (nSPS) is 16.6. The maximum atomic E-state index is 12.4. The largest absolute Gasteiger partial charge is 0.497 e. The number of aryl methyl sites for hydroxylation is 1. The van der Waals surface area contributed by atoms with Crippen LogP contribution in [-0.4, -0.2) is 52.8 Å². The number of rotatable bonds is 11. The zero-order valence-corrected chi connectivity index (χ0v) is 21.6. The zero-order chi connectivity index (χ0) is 25.5. The Morgan fingerprint density at radius 3 is 2.61 bits per heavy atom. The lowest BCUT2D eigenvalue weighted by atomic mass is 9.74. The highest BCUT2D eigenvalue weighted by Crippen LogP contribution is 2.41. The van der Waals surface area contributed by atoms with E-state index in [1.54, 1.807) is 7.11 Å². The van der Waals surface area contributed by atoms with Crippen molar-refractivity contribution in [1.29, 1.82) is 0 Å². The number of likely N-dealkylation sites (tertiary alicyclic amines) is 1. The van der Waals surface area contributed by atoms with Gasteiger partial charge in [-0.05, 0) is 88.3 Å². The predicted molar refractivity (Wildman–Crippen MR) is 143 cm³/mol. The summed E-state index contributed by atoms with van der Waals surface area (Å²) < 4.78 is 5.33. The molecule has 1 aliphatic heterocycles. The molecule has 0 bridgehead atoms. The summed E-state index contributed by atoms with van der Waals surface area (Å²) in [6.45, 7) is 2.53. The van der Waals surface area contributed by atoms with E-state index in [9.17, 15) is 15.0 Å². The van der Waals surface area contributed by atoms with Gasteiger partial charge in [-0.1, -0.05) is 41.9 Å². The fourth-order valence-corrected chi connectivity index (χ4v) is 5.55. The first kappa shape index (κ1) is 26.4. The van der Waals surface area contributed by atoms with Crippen molar-refractivity contribution in [2.24, 2.45) is 5.41 Å². The van der Waals surface area contributed by atoms with Gasteiger partial charge in [-0.25, -0.2) is 0 Å². The maximum absolute atomic E-state index is 12.4. The van der Waals surface area contributed by atoms with Crippen LogP contribution in [0.1, 0.15) is 55.8 Å². The number of carboxylic acid groups (broad SMARTS) is 1. The molecule has 4 rings (SSSR count). The van der Waals surface area contributed by atoms with Crippen LogP contribution >= 0.6 is 11.6 Å². The summed E-state index contributed by atoms with van der Waals surface area (Å²) in [5.41, 5.74) is 1.83. The first-order valence-electron chi connectivity index (χ1n) is 12.7. The SMILES string of the molecule is COc1ccc2ncc(Cl)c(C(O)CCC3(C(=O)O)CCN(CCCCc4ccccc4)CC3)c2c1. The monoisotopic (exact) mass is 510 g/mol. The van der Waals surface area contributed by atoms with Crippen molar-refractivity contribution in [1.82, 2.24) is 9.88 Å². The number of carbonyl (C=O) groups is 1. The van der Waals surface area contributed by atoms with Crippen LogP contribution in [0.25, 0.3) is 10.9 Å². The number of pyridine rings is 1. The molecular formula is C29H35ClN2O4. The minimum atomic E-state index is -0.887. The van der Waals surface area contributed by atoms with Crippen molar-refractivity contribution in [3.05, 3.63) is 70.9 Å². The van der Waals surface area contributed by atoms with Crippen molar-refractivity contribution in [3.63, 3.8) is 0 Å². The first-order valence-corrected chi connectivity index (χ1v) is 13.1. The average Bonchev–Trinajstić information content (AvgIpc) is 2.90. The number of benzene rings is 2. The summed E-state index contributed by atoms with van der Waals surface area (Å²) in [6.07, 6.45) is 5.85. The number of aromatic nitrogens is 1. The smallest absolute Gasteiger partial charge is 0.309 e. The Balaban J connectivity index is 1.34. The molecule has 3 aromatic rings. The number of hydrogen-bond donors (Lipinski definition) is 2. The number of nitrogens with zero attached hydrogens (tertiary/aromatic N) is 2. The quantitative estimate of drug-likeness (QED) is 0.312. The van der Waals surface area contributed by atoms with Crippen LogP contribution < -0.4 is 4.74 Å². The fourth-order valence-electron chi connectivity index (χ4n) is 5.28. The van der Waals surface area contributed by atoms with Crippen LogP contribution in [0.15, 0.2) is 54.7 Å². The van der Waals surface area contributed by atoms with Crippen LogP contribution in [-0.2, 0) is 11.2 Å². The van der Waals surface area contributed by atoms with Crippen LogP contribution in [0.3, 0.4) is 0 Å². The van der Waals surface area contributed by atoms with Gasteiger partial charge in [0, 0.05) is 17.1 Å². The Labute approximate surface area is 217 Å². The summed E-state index contributed by atoms with van der Waals surface area (Å²) >= 11 is 6.44. The van der Waals surface area contributed by atoms with Crippen molar-refractivity contribution in [3.8, 4) is 5.75 Å².